The molecule has 1 aromatic rings. The number of hydrogen-bond acceptors (Lipinski definition) is 6. The number of piperidine rings is 1. The Balaban J connectivity index is 1.63. The SMILES string of the molecule is Cc1ncnc(NC2CCN(C3C=[N+](C)C(=O)N(C)C3=O)CC2)c1C. The number of likely N-dealkylation sites (tertiary alicyclic amines) is 1. The highest BCUT2D eigenvalue weighted by atomic mass is 16.2. The summed E-state index contributed by atoms with van der Waals surface area (Å²) in [6, 6.07) is -0.330. The molecule has 0 radical (unpaired) electrons. The molecule has 8 heteroatoms. The Kier molecular flexibility index (Phi) is 4.80. The molecule has 3 rings (SSSR count). The second-order valence-electron chi connectivity index (χ2n) is 6.77. The van der Waals surface area contributed by atoms with E-state index in [9.17, 15) is 9.59 Å². The first-order valence-corrected chi connectivity index (χ1v) is 8.56. The highest BCUT2D eigenvalue weighted by Gasteiger charge is 2.42. The summed E-state index contributed by atoms with van der Waals surface area (Å²) in [5, 5.41) is 3.50. The van der Waals surface area contributed by atoms with Gasteiger partial charge >= 0.3 is 11.9 Å². The van der Waals surface area contributed by atoms with Crippen molar-refractivity contribution in [3.8, 4) is 0 Å². The van der Waals surface area contributed by atoms with Gasteiger partial charge in [0, 0.05) is 30.4 Å². The van der Waals surface area contributed by atoms with Gasteiger partial charge < -0.3 is 5.32 Å². The number of carbonyl (C=O) groups is 2. The van der Waals surface area contributed by atoms with Crippen molar-refractivity contribution in [2.75, 3.05) is 32.5 Å². The smallest absolute Gasteiger partial charge is 0.367 e. The molecule has 25 heavy (non-hydrogen) atoms. The Bertz CT molecular complexity index is 724. The Morgan fingerprint density at radius 2 is 1.88 bits per heavy atom. The molecule has 3 amide bonds. The van der Waals surface area contributed by atoms with Crippen LogP contribution in [0, 0.1) is 13.8 Å². The van der Waals surface area contributed by atoms with Gasteiger partial charge in [-0.1, -0.05) is 0 Å². The molecule has 1 unspecified atom stereocenters. The summed E-state index contributed by atoms with van der Waals surface area (Å²) in [5.41, 5.74) is 2.05. The van der Waals surface area contributed by atoms with Gasteiger partial charge in [-0.05, 0) is 26.7 Å². The molecule has 0 aromatic carbocycles. The molecule has 3 heterocycles. The van der Waals surface area contributed by atoms with Crippen molar-refractivity contribution >= 4 is 24.0 Å². The van der Waals surface area contributed by atoms with Gasteiger partial charge in [0.1, 0.15) is 18.4 Å². The summed E-state index contributed by atoms with van der Waals surface area (Å²) in [6.45, 7) is 5.59. The largest absolute Gasteiger partial charge is 0.500 e. The molecule has 1 saturated heterocycles. The summed E-state index contributed by atoms with van der Waals surface area (Å²) >= 11 is 0. The van der Waals surface area contributed by atoms with E-state index in [2.05, 4.69) is 20.2 Å². The van der Waals surface area contributed by atoms with Crippen LogP contribution in [0.25, 0.3) is 0 Å². The van der Waals surface area contributed by atoms with Crippen LogP contribution in [0.1, 0.15) is 24.1 Å². The summed E-state index contributed by atoms with van der Waals surface area (Å²) < 4.78 is 1.49. The number of amides is 3. The molecule has 134 valence electrons. The fraction of sp³-hybridized carbons (Fsp3) is 0.588. The Hall–Kier alpha value is -2.35. The van der Waals surface area contributed by atoms with E-state index in [0.717, 1.165) is 43.0 Å². The van der Waals surface area contributed by atoms with E-state index in [1.807, 2.05) is 13.8 Å². The van der Waals surface area contributed by atoms with Gasteiger partial charge in [0.2, 0.25) is 0 Å². The molecule has 0 saturated carbocycles. The number of anilines is 1. The Labute approximate surface area is 147 Å². The fourth-order valence-electron chi connectivity index (χ4n) is 3.32. The second-order valence-corrected chi connectivity index (χ2v) is 6.77. The number of carbonyl (C=O) groups excluding carboxylic acids is 2. The van der Waals surface area contributed by atoms with Crippen LogP contribution in [0.3, 0.4) is 0 Å². The number of imide groups is 1. The van der Waals surface area contributed by atoms with Crippen LogP contribution in [0.5, 0.6) is 0 Å². The molecule has 1 fully saturated rings. The van der Waals surface area contributed by atoms with Crippen molar-refractivity contribution in [2.45, 2.75) is 38.8 Å². The molecule has 0 spiro atoms. The first kappa shape index (κ1) is 17.5. The Morgan fingerprint density at radius 1 is 1.20 bits per heavy atom. The van der Waals surface area contributed by atoms with Crippen LogP contribution in [0.4, 0.5) is 10.6 Å². The molecular formula is C17H25N6O2+. The summed E-state index contributed by atoms with van der Waals surface area (Å²) in [7, 11) is 3.22. The van der Waals surface area contributed by atoms with Gasteiger partial charge in [0.05, 0.1) is 14.1 Å². The lowest BCUT2D eigenvalue weighted by molar-refractivity contribution is -0.401. The molecule has 2 aliphatic rings. The van der Waals surface area contributed by atoms with Gasteiger partial charge in [-0.25, -0.2) is 19.3 Å². The van der Waals surface area contributed by atoms with E-state index < -0.39 is 0 Å². The zero-order valence-corrected chi connectivity index (χ0v) is 15.2. The van der Waals surface area contributed by atoms with Crippen molar-refractivity contribution < 1.29 is 14.2 Å². The zero-order chi connectivity index (χ0) is 18.1. The van der Waals surface area contributed by atoms with Crippen molar-refractivity contribution in [1.82, 2.24) is 19.8 Å². The van der Waals surface area contributed by atoms with Crippen molar-refractivity contribution in [3.05, 3.63) is 17.6 Å². The van der Waals surface area contributed by atoms with Crippen molar-refractivity contribution in [1.29, 1.82) is 0 Å². The van der Waals surface area contributed by atoms with Gasteiger partial charge in [0.25, 0.3) is 0 Å². The number of likely N-dealkylation sites (N-methyl/N-ethyl adjacent to an activating group) is 1. The molecule has 1 aromatic heterocycles. The van der Waals surface area contributed by atoms with Crippen molar-refractivity contribution in [2.24, 2.45) is 0 Å². The van der Waals surface area contributed by atoms with Crippen molar-refractivity contribution in [3.63, 3.8) is 0 Å². The molecule has 8 nitrogen and oxygen atoms in total. The lowest BCUT2D eigenvalue weighted by Gasteiger charge is -2.36. The van der Waals surface area contributed by atoms with E-state index in [4.69, 9.17) is 0 Å². The van der Waals surface area contributed by atoms with Gasteiger partial charge in [-0.2, -0.15) is 9.69 Å². The minimum atomic E-state index is -0.364. The van der Waals surface area contributed by atoms with Crippen LogP contribution in [0.15, 0.2) is 6.33 Å². The molecule has 1 N–H and O–H groups in total. The predicted molar refractivity (Wildman–Crippen MR) is 93.9 cm³/mol. The molecule has 1 atom stereocenters. The van der Waals surface area contributed by atoms with E-state index in [0.29, 0.717) is 6.04 Å². The standard InChI is InChI=1S/C17H25N6O2/c1-11-12(2)18-10-19-15(11)20-13-5-7-23(8-6-13)14-9-21(3)17(25)22(4)16(14)24/h9-10,13-14H,5-8H2,1-4H3,(H,18,19,20)/q+1. The monoisotopic (exact) mass is 345 g/mol. The molecule has 0 aliphatic carbocycles. The normalized spacial score (nSPS) is 23.0. The maximum atomic E-state index is 12.4. The molecule has 0 bridgehead atoms. The maximum absolute atomic E-state index is 12.4. The van der Waals surface area contributed by atoms with E-state index in [1.165, 1.54) is 16.5 Å². The minimum Gasteiger partial charge on any atom is -0.367 e. The lowest BCUT2D eigenvalue weighted by Crippen LogP contribution is -2.58. The third kappa shape index (κ3) is 3.39. The Morgan fingerprint density at radius 3 is 2.56 bits per heavy atom. The zero-order valence-electron chi connectivity index (χ0n) is 15.2. The maximum Gasteiger partial charge on any atom is 0.500 e. The summed E-state index contributed by atoms with van der Waals surface area (Å²) in [5.74, 6) is 0.730. The highest BCUT2D eigenvalue weighted by molar-refractivity contribution is 6.06. The molecule has 2 aliphatic heterocycles. The lowest BCUT2D eigenvalue weighted by atomic mass is 10.0. The van der Waals surface area contributed by atoms with Gasteiger partial charge in [-0.3, -0.25) is 4.90 Å². The summed E-state index contributed by atoms with van der Waals surface area (Å²) in [4.78, 5) is 36.1. The van der Waals surface area contributed by atoms with Gasteiger partial charge in [-0.15, -0.1) is 0 Å². The number of aromatic nitrogens is 2. The quantitative estimate of drug-likeness (QED) is 0.810. The van der Waals surface area contributed by atoms with Crippen LogP contribution < -0.4 is 5.32 Å². The third-order valence-electron chi connectivity index (χ3n) is 5.14. The van der Waals surface area contributed by atoms with E-state index in [-0.39, 0.29) is 18.0 Å². The van der Waals surface area contributed by atoms with Gasteiger partial charge in [0.15, 0.2) is 6.04 Å². The average Bonchev–Trinajstić information content (AvgIpc) is 2.61. The number of nitrogens with zero attached hydrogens (tertiary/aromatic N) is 5. The van der Waals surface area contributed by atoms with Crippen LogP contribution >= 0.6 is 0 Å². The number of hydrogen-bond donors (Lipinski definition) is 1. The number of rotatable bonds is 3. The van der Waals surface area contributed by atoms with E-state index in [1.54, 1.807) is 19.6 Å². The van der Waals surface area contributed by atoms with Crippen LogP contribution in [0.2, 0.25) is 0 Å². The van der Waals surface area contributed by atoms with Crippen LogP contribution in [-0.2, 0) is 4.79 Å². The number of urea groups is 1. The van der Waals surface area contributed by atoms with E-state index >= 15 is 0 Å². The first-order chi connectivity index (χ1) is 11.9. The fourth-order valence-corrected chi connectivity index (χ4v) is 3.32. The summed E-state index contributed by atoms with van der Waals surface area (Å²) in [6.07, 6.45) is 5.14. The predicted octanol–water partition coefficient (Wildman–Crippen LogP) is 0.643. The first-order valence-electron chi connectivity index (χ1n) is 8.56. The number of aryl methyl sites for hydroxylation is 1. The number of nitrogens with one attached hydrogen (secondary N) is 1. The average molecular weight is 345 g/mol. The minimum absolute atomic E-state index is 0.156. The second kappa shape index (κ2) is 6.87. The third-order valence-corrected chi connectivity index (χ3v) is 5.14. The highest BCUT2D eigenvalue weighted by Crippen LogP contribution is 2.20. The van der Waals surface area contributed by atoms with Crippen LogP contribution in [-0.4, -0.2) is 81.8 Å². The molecular weight excluding hydrogens is 320 g/mol. The topological polar surface area (TPSA) is 81.4 Å².